The van der Waals surface area contributed by atoms with Gasteiger partial charge in [-0.3, -0.25) is 9.59 Å². The normalized spacial score (nSPS) is 14.6. The van der Waals surface area contributed by atoms with Gasteiger partial charge in [-0.05, 0) is 37.1 Å². The van der Waals surface area contributed by atoms with Crippen LogP contribution in [-0.2, 0) is 4.79 Å². The Balaban J connectivity index is 1.87. The average Bonchev–Trinajstić information content (AvgIpc) is 3.10. The summed E-state index contributed by atoms with van der Waals surface area (Å²) in [5.74, 6) is -0.538. The second kappa shape index (κ2) is 4.43. The lowest BCUT2D eigenvalue weighted by Crippen LogP contribution is -2.30. The van der Waals surface area contributed by atoms with Gasteiger partial charge in [0.1, 0.15) is 5.82 Å². The molecule has 3 nitrogen and oxygen atoms in total. The number of carbonyl (C=O) groups is 2. The lowest BCUT2D eigenvalue weighted by atomic mass is 10.1. The molecule has 0 atom stereocenters. The van der Waals surface area contributed by atoms with Crippen LogP contribution in [0.4, 0.5) is 4.39 Å². The Kier molecular flexibility index (Phi) is 2.99. The molecule has 1 aromatic rings. The summed E-state index contributed by atoms with van der Waals surface area (Å²) in [7, 11) is 0. The van der Waals surface area contributed by atoms with Crippen molar-refractivity contribution >= 4 is 11.7 Å². The molecule has 0 bridgehead atoms. The molecule has 1 fully saturated rings. The first-order valence-corrected chi connectivity index (χ1v) is 5.23. The number of ketones is 1. The van der Waals surface area contributed by atoms with Gasteiger partial charge in [-0.15, -0.1) is 0 Å². The number of nitrogens with one attached hydrogen (secondary N) is 1. The summed E-state index contributed by atoms with van der Waals surface area (Å²) in [6.45, 7) is -0.0129. The van der Waals surface area contributed by atoms with Gasteiger partial charge in [0.25, 0.3) is 0 Å². The van der Waals surface area contributed by atoms with E-state index < -0.39 is 0 Å². The first-order chi connectivity index (χ1) is 7.66. The van der Waals surface area contributed by atoms with Crippen molar-refractivity contribution in [1.29, 1.82) is 0 Å². The fraction of sp³-hybridized carbons (Fsp3) is 0.333. The molecule has 0 unspecified atom stereocenters. The van der Waals surface area contributed by atoms with E-state index in [1.807, 2.05) is 0 Å². The molecular weight excluding hydrogens is 209 g/mol. The maximum atomic E-state index is 12.6. The van der Waals surface area contributed by atoms with Crippen molar-refractivity contribution in [3.8, 4) is 0 Å². The molecule has 1 saturated carbocycles. The zero-order chi connectivity index (χ0) is 11.5. The maximum Gasteiger partial charge on any atom is 0.223 e. The predicted molar refractivity (Wildman–Crippen MR) is 56.5 cm³/mol. The highest BCUT2D eigenvalue weighted by Crippen LogP contribution is 2.28. The Morgan fingerprint density at radius 1 is 1.25 bits per heavy atom. The van der Waals surface area contributed by atoms with Crippen LogP contribution in [0.5, 0.6) is 0 Å². The topological polar surface area (TPSA) is 46.2 Å². The van der Waals surface area contributed by atoms with Gasteiger partial charge in [-0.1, -0.05) is 0 Å². The first kappa shape index (κ1) is 10.8. The van der Waals surface area contributed by atoms with E-state index in [-0.39, 0.29) is 30.0 Å². The number of hydrogen-bond acceptors (Lipinski definition) is 2. The second-order valence-electron chi connectivity index (χ2n) is 3.92. The van der Waals surface area contributed by atoms with Gasteiger partial charge in [-0.2, -0.15) is 0 Å². The molecule has 1 aliphatic rings. The Bertz CT molecular complexity index is 410. The van der Waals surface area contributed by atoms with Crippen LogP contribution in [0.15, 0.2) is 24.3 Å². The molecule has 1 N–H and O–H groups in total. The van der Waals surface area contributed by atoms with E-state index in [1.165, 1.54) is 24.3 Å². The molecule has 1 aromatic carbocycles. The van der Waals surface area contributed by atoms with E-state index in [2.05, 4.69) is 5.32 Å². The third kappa shape index (κ3) is 2.66. The average molecular weight is 221 g/mol. The molecule has 0 aromatic heterocycles. The van der Waals surface area contributed by atoms with Crippen LogP contribution in [0.25, 0.3) is 0 Å². The van der Waals surface area contributed by atoms with Crippen molar-refractivity contribution in [2.75, 3.05) is 6.54 Å². The minimum atomic E-state index is -0.376. The molecule has 0 spiro atoms. The summed E-state index contributed by atoms with van der Waals surface area (Å²) in [6.07, 6.45) is 1.83. The van der Waals surface area contributed by atoms with Gasteiger partial charge >= 0.3 is 0 Å². The lowest BCUT2D eigenvalue weighted by Gasteiger charge is -2.03. The zero-order valence-electron chi connectivity index (χ0n) is 8.70. The van der Waals surface area contributed by atoms with Gasteiger partial charge in [-0.25, -0.2) is 4.39 Å². The van der Waals surface area contributed by atoms with Gasteiger partial charge in [0, 0.05) is 11.5 Å². The monoisotopic (exact) mass is 221 g/mol. The number of carbonyl (C=O) groups excluding carboxylic acids is 2. The number of rotatable bonds is 4. The molecule has 84 valence electrons. The van der Waals surface area contributed by atoms with Gasteiger partial charge in [0.05, 0.1) is 6.54 Å². The van der Waals surface area contributed by atoms with Crippen molar-refractivity contribution < 1.29 is 14.0 Å². The second-order valence-corrected chi connectivity index (χ2v) is 3.92. The predicted octanol–water partition coefficient (Wildman–Crippen LogP) is 1.53. The number of benzene rings is 1. The van der Waals surface area contributed by atoms with E-state index in [0.717, 1.165) is 12.8 Å². The number of Topliss-reactive ketones (excluding diaryl/α,β-unsaturated/α-hetero) is 1. The van der Waals surface area contributed by atoms with Crippen LogP contribution in [0.1, 0.15) is 23.2 Å². The summed E-state index contributed by atoms with van der Waals surface area (Å²) < 4.78 is 12.6. The molecule has 0 saturated heterocycles. The number of amides is 1. The minimum absolute atomic E-state index is 0.0129. The Hall–Kier alpha value is -1.71. The maximum absolute atomic E-state index is 12.6. The van der Waals surface area contributed by atoms with E-state index in [0.29, 0.717) is 5.56 Å². The number of hydrogen-bond donors (Lipinski definition) is 1. The first-order valence-electron chi connectivity index (χ1n) is 5.23. The van der Waals surface area contributed by atoms with Crippen molar-refractivity contribution in [2.24, 2.45) is 5.92 Å². The molecule has 0 radical (unpaired) electrons. The summed E-state index contributed by atoms with van der Waals surface area (Å²) in [5, 5.41) is 2.58. The fourth-order valence-electron chi connectivity index (χ4n) is 1.40. The molecule has 1 aliphatic carbocycles. The zero-order valence-corrected chi connectivity index (χ0v) is 8.70. The fourth-order valence-corrected chi connectivity index (χ4v) is 1.40. The van der Waals surface area contributed by atoms with Crippen molar-refractivity contribution in [2.45, 2.75) is 12.8 Å². The SMILES string of the molecule is O=C(CNC(=O)C1CC1)c1ccc(F)cc1. The molecule has 2 rings (SSSR count). The molecule has 4 heteroatoms. The standard InChI is InChI=1S/C12H12FNO2/c13-10-5-3-8(4-6-10)11(15)7-14-12(16)9-1-2-9/h3-6,9H,1-2,7H2,(H,14,16). The smallest absolute Gasteiger partial charge is 0.223 e. The molecule has 16 heavy (non-hydrogen) atoms. The van der Waals surface area contributed by atoms with Crippen LogP contribution in [0.2, 0.25) is 0 Å². The Morgan fingerprint density at radius 3 is 2.44 bits per heavy atom. The molecule has 0 heterocycles. The quantitative estimate of drug-likeness (QED) is 0.784. The lowest BCUT2D eigenvalue weighted by molar-refractivity contribution is -0.122. The third-order valence-electron chi connectivity index (χ3n) is 2.54. The molecular formula is C12H12FNO2. The van der Waals surface area contributed by atoms with Crippen LogP contribution < -0.4 is 5.32 Å². The van der Waals surface area contributed by atoms with Crippen molar-refractivity contribution in [1.82, 2.24) is 5.32 Å². The van der Waals surface area contributed by atoms with Crippen molar-refractivity contribution in [3.05, 3.63) is 35.6 Å². The highest BCUT2D eigenvalue weighted by molar-refractivity contribution is 5.99. The van der Waals surface area contributed by atoms with Crippen LogP contribution >= 0.6 is 0 Å². The van der Waals surface area contributed by atoms with Crippen LogP contribution in [0, 0.1) is 11.7 Å². The van der Waals surface area contributed by atoms with Gasteiger partial charge in [0.15, 0.2) is 5.78 Å². The van der Waals surface area contributed by atoms with Crippen LogP contribution in [-0.4, -0.2) is 18.2 Å². The highest BCUT2D eigenvalue weighted by Gasteiger charge is 2.29. The molecule has 1 amide bonds. The van der Waals surface area contributed by atoms with Crippen molar-refractivity contribution in [3.63, 3.8) is 0 Å². The Labute approximate surface area is 92.7 Å². The largest absolute Gasteiger partial charge is 0.348 e. The van der Waals surface area contributed by atoms with E-state index in [9.17, 15) is 14.0 Å². The summed E-state index contributed by atoms with van der Waals surface area (Å²) in [5.41, 5.74) is 0.414. The Morgan fingerprint density at radius 2 is 1.88 bits per heavy atom. The van der Waals surface area contributed by atoms with E-state index in [1.54, 1.807) is 0 Å². The summed E-state index contributed by atoms with van der Waals surface area (Å²) >= 11 is 0. The molecule has 0 aliphatic heterocycles. The van der Waals surface area contributed by atoms with Gasteiger partial charge in [0.2, 0.25) is 5.91 Å². The minimum Gasteiger partial charge on any atom is -0.348 e. The van der Waals surface area contributed by atoms with E-state index in [4.69, 9.17) is 0 Å². The number of halogens is 1. The summed E-state index contributed by atoms with van der Waals surface area (Å²) in [6, 6.07) is 5.30. The van der Waals surface area contributed by atoms with Gasteiger partial charge < -0.3 is 5.32 Å². The highest BCUT2D eigenvalue weighted by atomic mass is 19.1. The van der Waals surface area contributed by atoms with Crippen LogP contribution in [0.3, 0.4) is 0 Å². The third-order valence-corrected chi connectivity index (χ3v) is 2.54. The summed E-state index contributed by atoms with van der Waals surface area (Å²) in [4.78, 5) is 22.8. The van der Waals surface area contributed by atoms with E-state index >= 15 is 0 Å².